The van der Waals surface area contributed by atoms with Crippen molar-refractivity contribution in [3.8, 4) is 5.75 Å². The van der Waals surface area contributed by atoms with E-state index in [1.54, 1.807) is 24.3 Å². The Kier molecular flexibility index (Phi) is 5.24. The van der Waals surface area contributed by atoms with E-state index in [1.807, 2.05) is 12.1 Å². The van der Waals surface area contributed by atoms with E-state index in [9.17, 15) is 9.59 Å². The van der Waals surface area contributed by atoms with Crippen LogP contribution in [0.25, 0.3) is 0 Å². The second-order valence-electron chi connectivity index (χ2n) is 5.93. The number of aryl methyl sites for hydroxylation is 1. The van der Waals surface area contributed by atoms with Gasteiger partial charge in [0.2, 0.25) is 5.91 Å². The number of rotatable bonds is 6. The Hall–Kier alpha value is -2.53. The van der Waals surface area contributed by atoms with Crippen LogP contribution in [0.4, 0.5) is 0 Å². The van der Waals surface area contributed by atoms with Gasteiger partial charge in [-0.15, -0.1) is 0 Å². The number of fused-ring (bicyclic) bond motifs is 1. The van der Waals surface area contributed by atoms with Gasteiger partial charge < -0.3 is 15.2 Å². The Bertz CT molecular complexity index is 802. The summed E-state index contributed by atoms with van der Waals surface area (Å²) in [4.78, 5) is 22.9. The largest absolute Gasteiger partial charge is 0.493 e. The van der Waals surface area contributed by atoms with Crippen molar-refractivity contribution in [3.63, 3.8) is 0 Å². The van der Waals surface area contributed by atoms with E-state index in [-0.39, 0.29) is 11.5 Å². The molecule has 3 rings (SSSR count). The first kappa shape index (κ1) is 17.3. The molecule has 0 atom stereocenters. The third-order valence-corrected chi connectivity index (χ3v) is 4.36. The number of carboxylic acids is 1. The molecule has 0 saturated carbocycles. The minimum absolute atomic E-state index is 0.0750. The maximum atomic E-state index is 12.1. The second-order valence-corrected chi connectivity index (χ2v) is 6.37. The van der Waals surface area contributed by atoms with Crippen molar-refractivity contribution in [2.24, 2.45) is 0 Å². The summed E-state index contributed by atoms with van der Waals surface area (Å²) in [5.74, 6) is -0.205. The number of carboxylic acid groups (broad SMARTS) is 1. The van der Waals surface area contributed by atoms with Gasteiger partial charge in [-0.05, 0) is 41.8 Å². The molecule has 130 valence electrons. The number of aromatic carboxylic acids is 1. The Labute approximate surface area is 150 Å². The van der Waals surface area contributed by atoms with Gasteiger partial charge in [0.25, 0.3) is 0 Å². The molecule has 0 spiro atoms. The van der Waals surface area contributed by atoms with Gasteiger partial charge in [0.15, 0.2) is 0 Å². The highest BCUT2D eigenvalue weighted by Crippen LogP contribution is 2.32. The monoisotopic (exact) mass is 359 g/mol. The molecule has 2 aromatic rings. The van der Waals surface area contributed by atoms with Crippen LogP contribution in [0.3, 0.4) is 0 Å². The van der Waals surface area contributed by atoms with Crippen LogP contribution in [0.1, 0.15) is 33.5 Å². The molecule has 0 bridgehead atoms. The van der Waals surface area contributed by atoms with Gasteiger partial charge in [0.05, 0.1) is 12.2 Å². The lowest BCUT2D eigenvalue weighted by Crippen LogP contribution is -2.23. The highest BCUT2D eigenvalue weighted by atomic mass is 35.5. The molecule has 1 heterocycles. The molecular formula is C19H18ClNO4. The van der Waals surface area contributed by atoms with Crippen LogP contribution in [-0.4, -0.2) is 23.6 Å². The van der Waals surface area contributed by atoms with Crippen molar-refractivity contribution >= 4 is 23.5 Å². The molecule has 1 aliphatic heterocycles. The molecule has 1 aliphatic rings. The molecule has 6 heteroatoms. The molecular weight excluding hydrogens is 342 g/mol. The van der Waals surface area contributed by atoms with Crippen LogP contribution in [0.15, 0.2) is 36.4 Å². The maximum Gasteiger partial charge on any atom is 0.335 e. The summed E-state index contributed by atoms with van der Waals surface area (Å²) >= 11 is 6.11. The smallest absolute Gasteiger partial charge is 0.335 e. The van der Waals surface area contributed by atoms with E-state index < -0.39 is 5.97 Å². The number of halogens is 1. The standard InChI is InChI=1S/C19H18ClNO4/c20-16-9-14-7-8-25-18(14)15(10-16)11-21-17(22)6-3-12-1-4-13(5-2-12)19(23)24/h1-2,4-5,9-10H,3,6-8,11H2,(H,21,22)(H,23,24). The SMILES string of the molecule is O=C(CCc1ccc(C(=O)O)cc1)NCc1cc(Cl)cc2c1OCC2. The van der Waals surface area contributed by atoms with Crippen LogP contribution in [0.5, 0.6) is 5.75 Å². The predicted molar refractivity (Wildman–Crippen MR) is 94.2 cm³/mol. The summed E-state index contributed by atoms with van der Waals surface area (Å²) in [7, 11) is 0. The van der Waals surface area contributed by atoms with Crippen molar-refractivity contribution in [2.45, 2.75) is 25.8 Å². The first-order valence-corrected chi connectivity index (χ1v) is 8.44. The van der Waals surface area contributed by atoms with Gasteiger partial charge in [0.1, 0.15) is 5.75 Å². The minimum Gasteiger partial charge on any atom is -0.493 e. The Morgan fingerprint density at radius 3 is 2.68 bits per heavy atom. The van der Waals surface area contributed by atoms with Gasteiger partial charge in [-0.25, -0.2) is 4.79 Å². The van der Waals surface area contributed by atoms with E-state index in [4.69, 9.17) is 21.4 Å². The molecule has 0 fully saturated rings. The molecule has 1 amide bonds. The van der Waals surface area contributed by atoms with Crippen molar-refractivity contribution in [1.29, 1.82) is 0 Å². The van der Waals surface area contributed by atoms with Crippen LogP contribution in [0.2, 0.25) is 5.02 Å². The zero-order chi connectivity index (χ0) is 17.8. The molecule has 0 aliphatic carbocycles. The lowest BCUT2D eigenvalue weighted by Gasteiger charge is -2.10. The zero-order valence-corrected chi connectivity index (χ0v) is 14.3. The Morgan fingerprint density at radius 2 is 1.96 bits per heavy atom. The lowest BCUT2D eigenvalue weighted by molar-refractivity contribution is -0.121. The number of benzene rings is 2. The van der Waals surface area contributed by atoms with Gasteiger partial charge in [-0.2, -0.15) is 0 Å². The fourth-order valence-electron chi connectivity index (χ4n) is 2.83. The fraction of sp³-hybridized carbons (Fsp3) is 0.263. The number of ether oxygens (including phenoxy) is 1. The van der Waals surface area contributed by atoms with E-state index in [0.717, 1.165) is 28.9 Å². The molecule has 0 aromatic heterocycles. The summed E-state index contributed by atoms with van der Waals surface area (Å²) in [6.07, 6.45) is 1.72. The highest BCUT2D eigenvalue weighted by Gasteiger charge is 2.17. The molecule has 2 aromatic carbocycles. The van der Waals surface area contributed by atoms with Crippen molar-refractivity contribution in [3.05, 3.63) is 63.7 Å². The number of nitrogens with one attached hydrogen (secondary N) is 1. The van der Waals surface area contributed by atoms with Crippen LogP contribution in [-0.2, 0) is 24.2 Å². The van der Waals surface area contributed by atoms with E-state index in [1.165, 1.54) is 0 Å². The normalized spacial score (nSPS) is 12.4. The third kappa shape index (κ3) is 4.31. The quantitative estimate of drug-likeness (QED) is 0.830. The van der Waals surface area contributed by atoms with Gasteiger partial charge in [-0.3, -0.25) is 4.79 Å². The van der Waals surface area contributed by atoms with Crippen LogP contribution >= 0.6 is 11.6 Å². The topological polar surface area (TPSA) is 75.6 Å². The predicted octanol–water partition coefficient (Wildman–Crippen LogP) is 3.22. The molecule has 0 radical (unpaired) electrons. The Morgan fingerprint density at radius 1 is 1.20 bits per heavy atom. The van der Waals surface area contributed by atoms with E-state index >= 15 is 0 Å². The van der Waals surface area contributed by atoms with Crippen molar-refractivity contribution in [1.82, 2.24) is 5.32 Å². The summed E-state index contributed by atoms with van der Waals surface area (Å²) in [6, 6.07) is 10.3. The Balaban J connectivity index is 1.53. The average Bonchev–Trinajstić information content (AvgIpc) is 3.06. The minimum atomic E-state index is -0.958. The molecule has 0 unspecified atom stereocenters. The summed E-state index contributed by atoms with van der Waals surface area (Å²) in [5, 5.41) is 12.4. The fourth-order valence-corrected chi connectivity index (χ4v) is 3.09. The van der Waals surface area contributed by atoms with Crippen LogP contribution in [0, 0.1) is 0 Å². The molecule has 0 saturated heterocycles. The van der Waals surface area contributed by atoms with Crippen molar-refractivity contribution < 1.29 is 19.4 Å². The number of carbonyl (C=O) groups is 2. The highest BCUT2D eigenvalue weighted by molar-refractivity contribution is 6.30. The van der Waals surface area contributed by atoms with Crippen LogP contribution < -0.4 is 10.1 Å². The molecule has 2 N–H and O–H groups in total. The number of amides is 1. The summed E-state index contributed by atoms with van der Waals surface area (Å²) in [6.45, 7) is 1.02. The first-order chi connectivity index (χ1) is 12.0. The number of hydrogen-bond donors (Lipinski definition) is 2. The first-order valence-electron chi connectivity index (χ1n) is 8.06. The number of hydrogen-bond acceptors (Lipinski definition) is 3. The lowest BCUT2D eigenvalue weighted by atomic mass is 10.1. The second kappa shape index (κ2) is 7.57. The zero-order valence-electron chi connectivity index (χ0n) is 13.5. The van der Waals surface area contributed by atoms with Crippen molar-refractivity contribution in [2.75, 3.05) is 6.61 Å². The van der Waals surface area contributed by atoms with Gasteiger partial charge >= 0.3 is 5.97 Å². The maximum absolute atomic E-state index is 12.1. The van der Waals surface area contributed by atoms with E-state index in [0.29, 0.717) is 31.0 Å². The average molecular weight is 360 g/mol. The summed E-state index contributed by atoms with van der Waals surface area (Å²) < 4.78 is 5.62. The van der Waals surface area contributed by atoms with E-state index in [2.05, 4.69) is 5.32 Å². The molecule has 25 heavy (non-hydrogen) atoms. The third-order valence-electron chi connectivity index (χ3n) is 4.14. The summed E-state index contributed by atoms with van der Waals surface area (Å²) in [5.41, 5.74) is 3.13. The van der Waals surface area contributed by atoms with Gasteiger partial charge in [0, 0.05) is 30.0 Å². The molecule has 5 nitrogen and oxygen atoms in total. The van der Waals surface area contributed by atoms with Gasteiger partial charge in [-0.1, -0.05) is 23.7 Å². The number of carbonyl (C=O) groups excluding carboxylic acids is 1.